The molecule has 0 saturated carbocycles. The summed E-state index contributed by atoms with van der Waals surface area (Å²) in [5.41, 5.74) is -0.0425. The molecule has 2 aromatic rings. The van der Waals surface area contributed by atoms with Gasteiger partial charge in [-0.1, -0.05) is 36.7 Å². The van der Waals surface area contributed by atoms with Crippen molar-refractivity contribution < 1.29 is 22.2 Å². The van der Waals surface area contributed by atoms with Crippen molar-refractivity contribution in [1.29, 1.82) is 0 Å². The average molecular weight is 457 g/mol. The topological polar surface area (TPSA) is 49.7 Å². The minimum absolute atomic E-state index is 0.0772. The molecule has 0 spiro atoms. The van der Waals surface area contributed by atoms with Crippen LogP contribution in [0.3, 0.4) is 0 Å². The summed E-state index contributed by atoms with van der Waals surface area (Å²) < 4.78 is 52.5. The molecule has 0 aromatic heterocycles. The molecule has 0 radical (unpaired) electrons. The van der Waals surface area contributed by atoms with Crippen LogP contribution in [-0.4, -0.2) is 40.4 Å². The number of hydrogen-bond acceptors (Lipinski definition) is 3. The third kappa shape index (κ3) is 4.92. The zero-order chi connectivity index (χ0) is 21.9. The van der Waals surface area contributed by atoms with E-state index in [9.17, 15) is 22.2 Å². The highest BCUT2D eigenvalue weighted by molar-refractivity contribution is 7.84. The second kappa shape index (κ2) is 9.31. The van der Waals surface area contributed by atoms with Gasteiger partial charge in [0.05, 0.1) is 17.0 Å². The van der Waals surface area contributed by atoms with Crippen LogP contribution in [0.15, 0.2) is 47.5 Å². The third-order valence-electron chi connectivity index (χ3n) is 4.74. The fourth-order valence-electron chi connectivity index (χ4n) is 3.33. The zero-order valence-electron chi connectivity index (χ0n) is 16.2. The van der Waals surface area contributed by atoms with Gasteiger partial charge in [0.15, 0.2) is 0 Å². The van der Waals surface area contributed by atoms with Crippen molar-refractivity contribution in [3.8, 4) is 0 Å². The van der Waals surface area contributed by atoms with Crippen molar-refractivity contribution in [2.75, 3.05) is 29.5 Å². The smallest absolute Gasteiger partial charge is 0.310 e. The first-order valence-electron chi connectivity index (χ1n) is 9.38. The predicted molar refractivity (Wildman–Crippen MR) is 114 cm³/mol. The molecule has 0 bridgehead atoms. The molecule has 3 rings (SSSR count). The molecule has 1 aliphatic rings. The van der Waals surface area contributed by atoms with Crippen molar-refractivity contribution in [2.24, 2.45) is 4.99 Å². The number of carbonyl (C=O) groups is 1. The number of nitrogens with zero attached hydrogens (tertiary/aromatic N) is 2. The molecule has 1 heterocycles. The largest absolute Gasteiger partial charge is 0.417 e. The van der Waals surface area contributed by atoms with E-state index in [1.54, 1.807) is 12.1 Å². The van der Waals surface area contributed by atoms with Crippen molar-refractivity contribution in [2.45, 2.75) is 19.5 Å². The SMILES string of the molecule is CCS(=O)CCCN1C(=O)CN=C(c2ccccc2C(F)(F)F)c2cc(Cl)ccc21. The summed E-state index contributed by atoms with van der Waals surface area (Å²) >= 11 is 6.14. The van der Waals surface area contributed by atoms with Gasteiger partial charge < -0.3 is 4.90 Å². The van der Waals surface area contributed by atoms with Crippen LogP contribution in [0.4, 0.5) is 18.9 Å². The molecule has 0 aliphatic carbocycles. The standard InChI is InChI=1S/C21H20ClF3N2O2S/c1-2-30(29)11-5-10-27-18-9-8-14(22)12-16(18)20(26-13-19(27)28)15-6-3-4-7-17(15)21(23,24)25/h3-4,6-9,12H,2,5,10-11,13H2,1H3. The number of benzodiazepines with no additional fused rings is 1. The van der Waals surface area contributed by atoms with E-state index in [2.05, 4.69) is 4.99 Å². The monoisotopic (exact) mass is 456 g/mol. The number of halogens is 4. The molecule has 30 heavy (non-hydrogen) atoms. The number of alkyl halides is 3. The number of anilines is 1. The lowest BCUT2D eigenvalue weighted by molar-refractivity contribution is -0.137. The molecule has 1 atom stereocenters. The maximum absolute atomic E-state index is 13.6. The highest BCUT2D eigenvalue weighted by Gasteiger charge is 2.36. The number of benzene rings is 2. The summed E-state index contributed by atoms with van der Waals surface area (Å²) in [5.74, 6) is 0.635. The lowest BCUT2D eigenvalue weighted by Crippen LogP contribution is -2.34. The molecule has 0 saturated heterocycles. The average Bonchev–Trinajstić information content (AvgIpc) is 2.83. The minimum atomic E-state index is -4.57. The van der Waals surface area contributed by atoms with Gasteiger partial charge in [-0.3, -0.25) is 14.0 Å². The highest BCUT2D eigenvalue weighted by atomic mass is 35.5. The van der Waals surface area contributed by atoms with Gasteiger partial charge in [0.2, 0.25) is 5.91 Å². The van der Waals surface area contributed by atoms with E-state index >= 15 is 0 Å². The molecule has 0 N–H and O–H groups in total. The minimum Gasteiger partial charge on any atom is -0.310 e. The molecule has 1 amide bonds. The summed E-state index contributed by atoms with van der Waals surface area (Å²) in [4.78, 5) is 18.5. The Labute approximate surface area is 180 Å². The first-order valence-corrected chi connectivity index (χ1v) is 11.2. The Balaban J connectivity index is 2.07. The van der Waals surface area contributed by atoms with E-state index in [0.29, 0.717) is 40.7 Å². The van der Waals surface area contributed by atoms with Gasteiger partial charge in [-0.05, 0) is 30.7 Å². The Kier molecular flexibility index (Phi) is 6.98. The van der Waals surface area contributed by atoms with Crippen molar-refractivity contribution in [1.82, 2.24) is 0 Å². The third-order valence-corrected chi connectivity index (χ3v) is 6.36. The van der Waals surface area contributed by atoms with E-state index < -0.39 is 22.5 Å². The summed E-state index contributed by atoms with van der Waals surface area (Å²) in [6.07, 6.45) is -4.07. The summed E-state index contributed by atoms with van der Waals surface area (Å²) in [6, 6.07) is 9.88. The second-order valence-corrected chi connectivity index (χ2v) is 9.00. The number of amides is 1. The Morgan fingerprint density at radius 1 is 1.17 bits per heavy atom. The molecule has 1 aliphatic heterocycles. The van der Waals surface area contributed by atoms with Crippen LogP contribution in [0, 0.1) is 0 Å². The lowest BCUT2D eigenvalue weighted by Gasteiger charge is -2.23. The Morgan fingerprint density at radius 3 is 2.60 bits per heavy atom. The van der Waals surface area contributed by atoms with E-state index in [1.807, 2.05) is 6.92 Å². The fourth-order valence-corrected chi connectivity index (χ4v) is 4.24. The van der Waals surface area contributed by atoms with Gasteiger partial charge in [0, 0.05) is 45.0 Å². The molecule has 4 nitrogen and oxygen atoms in total. The highest BCUT2D eigenvalue weighted by Crippen LogP contribution is 2.36. The maximum atomic E-state index is 13.6. The van der Waals surface area contributed by atoms with Crippen molar-refractivity contribution >= 4 is 39.7 Å². The molecular weight excluding hydrogens is 437 g/mol. The molecule has 0 fully saturated rings. The summed E-state index contributed by atoms with van der Waals surface area (Å²) in [7, 11) is -0.971. The first-order chi connectivity index (χ1) is 14.2. The molecule has 1 unspecified atom stereocenters. The molecule has 2 aromatic carbocycles. The Hall–Kier alpha value is -2.19. The lowest BCUT2D eigenvalue weighted by atomic mass is 9.95. The number of fused-ring (bicyclic) bond motifs is 1. The number of carbonyl (C=O) groups excluding carboxylic acids is 1. The van der Waals surface area contributed by atoms with Gasteiger partial charge in [-0.25, -0.2) is 0 Å². The number of hydrogen-bond donors (Lipinski definition) is 0. The quantitative estimate of drug-likeness (QED) is 0.632. The van der Waals surface area contributed by atoms with Crippen LogP contribution >= 0.6 is 11.6 Å². The number of aliphatic imine (C=N–C) groups is 1. The number of rotatable bonds is 6. The second-order valence-electron chi connectivity index (χ2n) is 6.70. The van der Waals surface area contributed by atoms with Gasteiger partial charge in [-0.2, -0.15) is 13.2 Å². The summed E-state index contributed by atoms with van der Waals surface area (Å²) in [6.45, 7) is 1.83. The fraction of sp³-hybridized carbons (Fsp3) is 0.333. The van der Waals surface area contributed by atoms with Crippen LogP contribution in [-0.2, 0) is 21.8 Å². The predicted octanol–water partition coefficient (Wildman–Crippen LogP) is 4.70. The Morgan fingerprint density at radius 2 is 1.90 bits per heavy atom. The van der Waals surface area contributed by atoms with Crippen LogP contribution < -0.4 is 4.90 Å². The normalized spacial score (nSPS) is 15.4. The first kappa shape index (κ1) is 22.5. The van der Waals surface area contributed by atoms with E-state index in [-0.39, 0.29) is 23.7 Å². The van der Waals surface area contributed by atoms with Crippen LogP contribution in [0.1, 0.15) is 30.0 Å². The van der Waals surface area contributed by atoms with E-state index in [1.165, 1.54) is 29.2 Å². The van der Waals surface area contributed by atoms with Gasteiger partial charge in [0.25, 0.3) is 0 Å². The van der Waals surface area contributed by atoms with Gasteiger partial charge in [0.1, 0.15) is 6.54 Å². The van der Waals surface area contributed by atoms with Crippen LogP contribution in [0.25, 0.3) is 0 Å². The van der Waals surface area contributed by atoms with Crippen molar-refractivity contribution in [3.05, 3.63) is 64.2 Å². The van der Waals surface area contributed by atoms with Crippen LogP contribution in [0.2, 0.25) is 5.02 Å². The van der Waals surface area contributed by atoms with Crippen molar-refractivity contribution in [3.63, 3.8) is 0 Å². The summed E-state index contributed by atoms with van der Waals surface area (Å²) in [5, 5.41) is 0.326. The maximum Gasteiger partial charge on any atom is 0.417 e. The van der Waals surface area contributed by atoms with E-state index in [0.717, 1.165) is 6.07 Å². The van der Waals surface area contributed by atoms with E-state index in [4.69, 9.17) is 11.6 Å². The zero-order valence-corrected chi connectivity index (χ0v) is 17.8. The molecule has 160 valence electrons. The van der Waals surface area contributed by atoms with Gasteiger partial charge >= 0.3 is 6.18 Å². The molecule has 9 heteroatoms. The Bertz CT molecular complexity index is 1010. The van der Waals surface area contributed by atoms with Crippen LogP contribution in [0.5, 0.6) is 0 Å². The molecular formula is C21H20ClF3N2O2S. The van der Waals surface area contributed by atoms with Gasteiger partial charge in [-0.15, -0.1) is 0 Å².